The molecule has 2 heterocycles. The number of epoxide rings is 1. The van der Waals surface area contributed by atoms with Crippen LogP contribution < -0.4 is 4.74 Å². The van der Waals surface area contributed by atoms with Crippen LogP contribution in [0.25, 0.3) is 22.6 Å². The fourth-order valence-electron chi connectivity index (χ4n) is 5.67. The van der Waals surface area contributed by atoms with E-state index in [2.05, 4.69) is 30.3 Å². The number of rotatable bonds is 9. The topological polar surface area (TPSA) is 74.1 Å². The minimum absolute atomic E-state index is 0.101. The highest BCUT2D eigenvalue weighted by molar-refractivity contribution is 5.77. The first-order valence-corrected chi connectivity index (χ1v) is 13.3. The highest BCUT2D eigenvalue weighted by atomic mass is 16.6. The van der Waals surface area contributed by atoms with Crippen LogP contribution >= 0.6 is 0 Å². The first-order chi connectivity index (χ1) is 18.7. The van der Waals surface area contributed by atoms with Crippen molar-refractivity contribution >= 4 is 5.97 Å². The summed E-state index contributed by atoms with van der Waals surface area (Å²) in [5, 5.41) is 0. The highest BCUT2D eigenvalue weighted by Crippen LogP contribution is 2.59. The van der Waals surface area contributed by atoms with E-state index in [1.54, 1.807) is 6.92 Å². The summed E-state index contributed by atoms with van der Waals surface area (Å²) in [7, 11) is 0. The molecule has 0 spiro atoms. The van der Waals surface area contributed by atoms with Gasteiger partial charge in [0.2, 0.25) is 5.89 Å². The lowest BCUT2D eigenvalue weighted by Gasteiger charge is -2.26. The van der Waals surface area contributed by atoms with Gasteiger partial charge in [-0.1, -0.05) is 79.2 Å². The number of oxazole rings is 1. The fraction of sp³-hybridized carbons (Fsp3) is 0.312. The lowest BCUT2D eigenvalue weighted by Crippen LogP contribution is -2.30. The summed E-state index contributed by atoms with van der Waals surface area (Å²) in [5.41, 5.74) is 3.46. The zero-order valence-electron chi connectivity index (χ0n) is 21.5. The molecular formula is C32H31NO5. The zero-order valence-corrected chi connectivity index (χ0v) is 21.5. The van der Waals surface area contributed by atoms with Gasteiger partial charge < -0.3 is 18.6 Å². The monoisotopic (exact) mass is 509 g/mol. The van der Waals surface area contributed by atoms with Gasteiger partial charge in [-0.05, 0) is 43.9 Å². The molecule has 6 rings (SSSR count). The number of ether oxygens (including phenoxy) is 3. The number of esters is 1. The van der Waals surface area contributed by atoms with E-state index in [9.17, 15) is 4.79 Å². The van der Waals surface area contributed by atoms with Crippen molar-refractivity contribution in [2.45, 2.75) is 44.3 Å². The van der Waals surface area contributed by atoms with Crippen LogP contribution in [-0.2, 0) is 26.3 Å². The summed E-state index contributed by atoms with van der Waals surface area (Å²) in [5.74, 6) is 1.94. The molecule has 1 aliphatic carbocycles. The maximum Gasteiger partial charge on any atom is 0.344 e. The number of fused-ring (bicyclic) bond motifs is 1. The Morgan fingerprint density at radius 2 is 1.74 bits per heavy atom. The van der Waals surface area contributed by atoms with Crippen molar-refractivity contribution in [3.63, 3.8) is 0 Å². The van der Waals surface area contributed by atoms with Gasteiger partial charge in [-0.3, -0.25) is 0 Å². The minimum atomic E-state index is -0.531. The Labute approximate surface area is 222 Å². The number of nitrogens with zero attached hydrogens (tertiary/aromatic N) is 1. The Balaban J connectivity index is 1.30. The molecule has 3 unspecified atom stereocenters. The second-order valence-corrected chi connectivity index (χ2v) is 9.90. The minimum Gasteiger partial charge on any atom is -0.482 e. The summed E-state index contributed by atoms with van der Waals surface area (Å²) in [4.78, 5) is 16.8. The lowest BCUT2D eigenvalue weighted by molar-refractivity contribution is -0.145. The largest absolute Gasteiger partial charge is 0.482 e. The van der Waals surface area contributed by atoms with Crippen LogP contribution in [0.3, 0.4) is 0 Å². The van der Waals surface area contributed by atoms with Gasteiger partial charge in [-0.25, -0.2) is 9.78 Å². The molecule has 1 aliphatic heterocycles. The van der Waals surface area contributed by atoms with E-state index >= 15 is 0 Å². The maximum atomic E-state index is 11.7. The number of carbonyl (C=O) groups is 1. The van der Waals surface area contributed by atoms with Crippen molar-refractivity contribution < 1.29 is 23.4 Å². The lowest BCUT2D eigenvalue weighted by atomic mass is 9.75. The van der Waals surface area contributed by atoms with Crippen LogP contribution in [-0.4, -0.2) is 30.3 Å². The van der Waals surface area contributed by atoms with Crippen LogP contribution in [0, 0.1) is 5.92 Å². The van der Waals surface area contributed by atoms with Crippen LogP contribution in [0.4, 0.5) is 0 Å². The molecule has 38 heavy (non-hydrogen) atoms. The standard InChI is InChI=1S/C32H31NO5/c1-2-35-28(34)21-36-26-17-9-11-22(20-26)19-25-16-10-18-27-32(25,38-27)31-33-29(23-12-5-3-6-13-23)30(37-31)24-14-7-4-8-15-24/h3-9,11-15,17,20,25,27H,2,10,16,18-19,21H2,1H3. The van der Waals surface area contributed by atoms with E-state index in [1.807, 2.05) is 54.6 Å². The van der Waals surface area contributed by atoms with Crippen molar-refractivity contribution in [3.8, 4) is 28.3 Å². The van der Waals surface area contributed by atoms with Gasteiger partial charge in [0.1, 0.15) is 11.4 Å². The van der Waals surface area contributed by atoms with E-state index in [1.165, 1.54) is 0 Å². The van der Waals surface area contributed by atoms with Gasteiger partial charge in [0.25, 0.3) is 0 Å². The van der Waals surface area contributed by atoms with E-state index < -0.39 is 5.60 Å². The summed E-state index contributed by atoms with van der Waals surface area (Å²) < 4.78 is 23.7. The van der Waals surface area contributed by atoms with Crippen molar-refractivity contribution in [1.29, 1.82) is 0 Å². The Morgan fingerprint density at radius 1 is 0.974 bits per heavy atom. The van der Waals surface area contributed by atoms with Crippen LogP contribution in [0.1, 0.15) is 37.6 Å². The molecule has 2 aliphatic rings. The van der Waals surface area contributed by atoms with Gasteiger partial charge in [-0.15, -0.1) is 0 Å². The van der Waals surface area contributed by atoms with Gasteiger partial charge >= 0.3 is 5.97 Å². The van der Waals surface area contributed by atoms with Crippen molar-refractivity contribution in [1.82, 2.24) is 4.98 Å². The number of benzene rings is 3. The maximum absolute atomic E-state index is 11.7. The molecule has 0 radical (unpaired) electrons. The molecule has 6 heteroatoms. The highest BCUT2D eigenvalue weighted by Gasteiger charge is 2.67. The Kier molecular flexibility index (Phi) is 6.73. The molecule has 2 fully saturated rings. The third kappa shape index (κ3) is 4.72. The average Bonchev–Trinajstić information content (AvgIpc) is 3.55. The molecule has 1 aromatic heterocycles. The molecule has 0 bridgehead atoms. The van der Waals surface area contributed by atoms with E-state index in [4.69, 9.17) is 23.6 Å². The summed E-state index contributed by atoms with van der Waals surface area (Å²) in [6.45, 7) is 2.02. The molecule has 194 valence electrons. The van der Waals surface area contributed by atoms with Crippen molar-refractivity contribution in [2.75, 3.05) is 13.2 Å². The molecule has 4 aromatic rings. The molecule has 3 atom stereocenters. The Hall–Kier alpha value is -3.90. The molecular weight excluding hydrogens is 478 g/mol. The first-order valence-electron chi connectivity index (χ1n) is 13.3. The summed E-state index contributed by atoms with van der Waals surface area (Å²) >= 11 is 0. The average molecular weight is 510 g/mol. The predicted octanol–water partition coefficient (Wildman–Crippen LogP) is 6.59. The zero-order chi connectivity index (χ0) is 26.0. The van der Waals surface area contributed by atoms with E-state index in [0.29, 0.717) is 18.2 Å². The molecule has 6 nitrogen and oxygen atoms in total. The second kappa shape index (κ2) is 10.5. The van der Waals surface area contributed by atoms with Gasteiger partial charge in [-0.2, -0.15) is 0 Å². The third-order valence-corrected chi connectivity index (χ3v) is 7.47. The van der Waals surface area contributed by atoms with Crippen LogP contribution in [0.15, 0.2) is 89.3 Å². The normalized spacial score (nSPS) is 21.9. The van der Waals surface area contributed by atoms with Gasteiger partial charge in [0.15, 0.2) is 18.0 Å². The first kappa shape index (κ1) is 24.4. The molecule has 3 aromatic carbocycles. The van der Waals surface area contributed by atoms with E-state index in [0.717, 1.165) is 53.8 Å². The number of hydrogen-bond donors (Lipinski definition) is 0. The quantitative estimate of drug-likeness (QED) is 0.187. The molecule has 1 saturated carbocycles. The van der Waals surface area contributed by atoms with Crippen LogP contribution in [0.2, 0.25) is 0 Å². The molecule has 0 amide bonds. The number of hydrogen-bond acceptors (Lipinski definition) is 6. The SMILES string of the molecule is CCOC(=O)COc1cccc(CC2CCCC3OC23c2nc(-c3ccccc3)c(-c3ccccc3)o2)c1. The fourth-order valence-corrected chi connectivity index (χ4v) is 5.67. The second-order valence-electron chi connectivity index (χ2n) is 9.90. The predicted molar refractivity (Wildman–Crippen MR) is 144 cm³/mol. The van der Waals surface area contributed by atoms with Gasteiger partial charge in [0, 0.05) is 17.0 Å². The van der Waals surface area contributed by atoms with Crippen LogP contribution in [0.5, 0.6) is 5.75 Å². The molecule has 1 saturated heterocycles. The van der Waals surface area contributed by atoms with Gasteiger partial charge in [0.05, 0.1) is 12.7 Å². The van der Waals surface area contributed by atoms with E-state index in [-0.39, 0.29) is 24.6 Å². The van der Waals surface area contributed by atoms with Crippen molar-refractivity contribution in [2.24, 2.45) is 5.92 Å². The Morgan fingerprint density at radius 3 is 2.50 bits per heavy atom. The third-order valence-electron chi connectivity index (χ3n) is 7.47. The number of aromatic nitrogens is 1. The smallest absolute Gasteiger partial charge is 0.344 e. The summed E-state index contributed by atoms with van der Waals surface area (Å²) in [6, 6.07) is 28.2. The van der Waals surface area contributed by atoms with Crippen molar-refractivity contribution in [3.05, 3.63) is 96.4 Å². The molecule has 0 N–H and O–H groups in total. The number of carbonyl (C=O) groups excluding carboxylic acids is 1. The Bertz CT molecular complexity index is 1340. The summed E-state index contributed by atoms with van der Waals surface area (Å²) in [6.07, 6.45) is 4.04.